The van der Waals surface area contributed by atoms with Gasteiger partial charge in [-0.05, 0) is 13.8 Å². The summed E-state index contributed by atoms with van der Waals surface area (Å²) in [4.78, 5) is 0.00718. The summed E-state index contributed by atoms with van der Waals surface area (Å²) in [6, 6.07) is 1.68. The Bertz CT molecular complexity index is 449. The van der Waals surface area contributed by atoms with E-state index in [-0.39, 0.29) is 22.9 Å². The number of aromatic nitrogens is 1. The quantitative estimate of drug-likeness (QED) is 0.721. The molecule has 14 heavy (non-hydrogen) atoms. The van der Waals surface area contributed by atoms with E-state index in [0.29, 0.717) is 0 Å². The summed E-state index contributed by atoms with van der Waals surface area (Å²) in [6.07, 6.45) is 0. The van der Waals surface area contributed by atoms with E-state index in [4.69, 9.17) is 9.78 Å². The standard InChI is InChI=1S/C7H9N3O3S/c1-5-7(6(2)13-10-5)14(11,12)9-4-3-8/h9H,4H2,1-2H3. The minimum Gasteiger partial charge on any atom is -0.360 e. The van der Waals surface area contributed by atoms with Gasteiger partial charge in [0.25, 0.3) is 0 Å². The number of nitrogens with zero attached hydrogens (tertiary/aromatic N) is 2. The molecule has 0 amide bonds. The molecule has 0 aliphatic carbocycles. The highest BCUT2D eigenvalue weighted by Gasteiger charge is 2.23. The summed E-state index contributed by atoms with van der Waals surface area (Å²) in [6.45, 7) is 2.75. The van der Waals surface area contributed by atoms with Crippen molar-refractivity contribution in [3.05, 3.63) is 11.5 Å². The van der Waals surface area contributed by atoms with Gasteiger partial charge in [-0.15, -0.1) is 0 Å². The highest BCUT2D eigenvalue weighted by atomic mass is 32.2. The number of aryl methyl sites for hydroxylation is 2. The minimum atomic E-state index is -3.67. The summed E-state index contributed by atoms with van der Waals surface area (Å²) >= 11 is 0. The van der Waals surface area contributed by atoms with E-state index >= 15 is 0 Å². The van der Waals surface area contributed by atoms with Gasteiger partial charge in [0.2, 0.25) is 10.0 Å². The third kappa shape index (κ3) is 1.92. The van der Waals surface area contributed by atoms with Crippen LogP contribution in [0.4, 0.5) is 0 Å². The van der Waals surface area contributed by atoms with Crippen molar-refractivity contribution in [2.24, 2.45) is 0 Å². The van der Waals surface area contributed by atoms with Crippen LogP contribution in [-0.2, 0) is 10.0 Å². The fourth-order valence-corrected chi connectivity index (χ4v) is 2.30. The predicted octanol–water partition coefficient (Wildman–Crippen LogP) is 0.0933. The summed E-state index contributed by atoms with van der Waals surface area (Å²) in [5.41, 5.74) is 0.285. The number of nitriles is 1. The van der Waals surface area contributed by atoms with Gasteiger partial charge in [0.1, 0.15) is 10.6 Å². The highest BCUT2D eigenvalue weighted by molar-refractivity contribution is 7.89. The highest BCUT2D eigenvalue weighted by Crippen LogP contribution is 2.17. The molecular formula is C7H9N3O3S. The molecule has 1 aromatic heterocycles. The van der Waals surface area contributed by atoms with Gasteiger partial charge >= 0.3 is 0 Å². The van der Waals surface area contributed by atoms with Gasteiger partial charge in [-0.1, -0.05) is 5.16 Å². The minimum absolute atomic E-state index is 0.00718. The van der Waals surface area contributed by atoms with Crippen LogP contribution in [0.3, 0.4) is 0 Å². The Morgan fingerprint density at radius 1 is 1.57 bits per heavy atom. The fourth-order valence-electron chi connectivity index (χ4n) is 1.06. The van der Waals surface area contributed by atoms with Gasteiger partial charge in [0, 0.05) is 0 Å². The summed E-state index contributed by atoms with van der Waals surface area (Å²) < 4.78 is 29.9. The van der Waals surface area contributed by atoms with E-state index in [1.807, 2.05) is 0 Å². The lowest BCUT2D eigenvalue weighted by Crippen LogP contribution is -2.24. The second-order valence-electron chi connectivity index (χ2n) is 2.64. The number of rotatable bonds is 3. The van der Waals surface area contributed by atoms with Gasteiger partial charge in [-0.3, -0.25) is 0 Å². The van der Waals surface area contributed by atoms with Crippen molar-refractivity contribution in [1.29, 1.82) is 5.26 Å². The summed E-state index contributed by atoms with van der Waals surface area (Å²) in [5, 5.41) is 11.8. The van der Waals surface area contributed by atoms with E-state index in [1.165, 1.54) is 13.8 Å². The van der Waals surface area contributed by atoms with Gasteiger partial charge in [-0.25, -0.2) is 8.42 Å². The topological polar surface area (TPSA) is 96.0 Å². The first-order chi connectivity index (χ1) is 6.49. The smallest absolute Gasteiger partial charge is 0.246 e. The second kappa shape index (κ2) is 3.77. The van der Waals surface area contributed by atoms with Crippen LogP contribution in [0.2, 0.25) is 0 Å². The summed E-state index contributed by atoms with van der Waals surface area (Å²) in [5.74, 6) is 0.216. The van der Waals surface area contributed by atoms with Crippen LogP contribution in [0, 0.1) is 25.2 Å². The molecule has 1 heterocycles. The average molecular weight is 215 g/mol. The third-order valence-electron chi connectivity index (χ3n) is 1.58. The molecule has 1 aromatic rings. The molecular weight excluding hydrogens is 206 g/mol. The van der Waals surface area contributed by atoms with E-state index in [2.05, 4.69) is 9.88 Å². The maximum atomic E-state index is 11.5. The predicted molar refractivity (Wildman–Crippen MR) is 46.8 cm³/mol. The van der Waals surface area contributed by atoms with Crippen LogP contribution in [-0.4, -0.2) is 20.1 Å². The van der Waals surface area contributed by atoms with Crippen LogP contribution in [0.5, 0.6) is 0 Å². The van der Waals surface area contributed by atoms with Crippen molar-refractivity contribution in [3.8, 4) is 6.07 Å². The largest absolute Gasteiger partial charge is 0.360 e. The first-order valence-electron chi connectivity index (χ1n) is 3.78. The molecule has 6 nitrogen and oxygen atoms in total. The van der Waals surface area contributed by atoms with E-state index in [0.717, 1.165) is 0 Å². The Morgan fingerprint density at radius 2 is 2.21 bits per heavy atom. The fraction of sp³-hybridized carbons (Fsp3) is 0.429. The van der Waals surface area contributed by atoms with Crippen molar-refractivity contribution in [2.75, 3.05) is 6.54 Å². The molecule has 0 aliphatic heterocycles. The first-order valence-corrected chi connectivity index (χ1v) is 5.27. The Balaban J connectivity index is 3.11. The number of hydrogen-bond acceptors (Lipinski definition) is 5. The molecule has 0 atom stereocenters. The van der Waals surface area contributed by atoms with Crippen molar-refractivity contribution in [1.82, 2.24) is 9.88 Å². The van der Waals surface area contributed by atoms with Crippen molar-refractivity contribution in [2.45, 2.75) is 18.7 Å². The second-order valence-corrected chi connectivity index (χ2v) is 4.34. The molecule has 0 aliphatic rings. The Kier molecular flexibility index (Phi) is 2.88. The SMILES string of the molecule is Cc1noc(C)c1S(=O)(=O)NCC#N. The molecule has 1 rings (SSSR count). The van der Waals surface area contributed by atoms with Crippen LogP contribution in [0.25, 0.3) is 0 Å². The van der Waals surface area contributed by atoms with Crippen molar-refractivity contribution >= 4 is 10.0 Å². The van der Waals surface area contributed by atoms with Gasteiger partial charge in [0.05, 0.1) is 12.6 Å². The molecule has 0 spiro atoms. The Hall–Kier alpha value is -1.39. The number of nitrogens with one attached hydrogen (secondary N) is 1. The lowest BCUT2D eigenvalue weighted by Gasteiger charge is -2.00. The van der Waals surface area contributed by atoms with Crippen LogP contribution in [0.1, 0.15) is 11.5 Å². The van der Waals surface area contributed by atoms with Gasteiger partial charge < -0.3 is 4.52 Å². The average Bonchev–Trinajstić information content (AvgIpc) is 2.43. The zero-order valence-corrected chi connectivity index (χ0v) is 8.55. The molecule has 76 valence electrons. The van der Waals surface area contributed by atoms with E-state index in [9.17, 15) is 8.42 Å². The molecule has 0 bridgehead atoms. The lowest BCUT2D eigenvalue weighted by molar-refractivity contribution is 0.390. The molecule has 7 heteroatoms. The maximum absolute atomic E-state index is 11.5. The van der Waals surface area contributed by atoms with E-state index in [1.54, 1.807) is 6.07 Å². The van der Waals surface area contributed by atoms with Crippen molar-refractivity contribution in [3.63, 3.8) is 0 Å². The molecule has 0 saturated carbocycles. The van der Waals surface area contributed by atoms with E-state index < -0.39 is 10.0 Å². The monoisotopic (exact) mass is 215 g/mol. The molecule has 0 unspecified atom stereocenters. The molecule has 0 fully saturated rings. The van der Waals surface area contributed by atoms with Crippen LogP contribution >= 0.6 is 0 Å². The zero-order valence-electron chi connectivity index (χ0n) is 7.73. The van der Waals surface area contributed by atoms with Crippen molar-refractivity contribution < 1.29 is 12.9 Å². The lowest BCUT2D eigenvalue weighted by atomic mass is 10.4. The van der Waals surface area contributed by atoms with Gasteiger partial charge in [-0.2, -0.15) is 9.98 Å². The molecule has 0 saturated heterocycles. The first kappa shape index (κ1) is 10.7. The summed E-state index contributed by atoms with van der Waals surface area (Å²) in [7, 11) is -3.67. The molecule has 0 aromatic carbocycles. The van der Waals surface area contributed by atoms with Crippen LogP contribution < -0.4 is 4.72 Å². The third-order valence-corrected chi connectivity index (χ3v) is 3.22. The normalized spacial score (nSPS) is 11.2. The zero-order chi connectivity index (χ0) is 10.8. The maximum Gasteiger partial charge on any atom is 0.246 e. The van der Waals surface area contributed by atoms with Crippen LogP contribution in [0.15, 0.2) is 9.42 Å². The van der Waals surface area contributed by atoms with Gasteiger partial charge in [0.15, 0.2) is 5.76 Å². The molecule has 1 N–H and O–H groups in total. The number of hydrogen-bond donors (Lipinski definition) is 1. The Labute approximate surface area is 81.6 Å². The Morgan fingerprint density at radius 3 is 2.64 bits per heavy atom. The number of sulfonamides is 1. The molecule has 0 radical (unpaired) electrons.